The summed E-state index contributed by atoms with van der Waals surface area (Å²) in [6.45, 7) is 5.09. The first-order valence-corrected chi connectivity index (χ1v) is 8.22. The van der Waals surface area contributed by atoms with Gasteiger partial charge in [0.05, 0.1) is 7.11 Å². The number of methoxy groups -OCH3 is 1. The van der Waals surface area contributed by atoms with Crippen molar-refractivity contribution in [2.75, 3.05) is 19.0 Å². The topological polar surface area (TPSA) is 64.1 Å². The fourth-order valence-electron chi connectivity index (χ4n) is 1.43. The van der Waals surface area contributed by atoms with E-state index in [1.165, 1.54) is 30.2 Å². The minimum Gasteiger partial charge on any atom is -0.468 e. The lowest BCUT2D eigenvalue weighted by molar-refractivity contribution is -0.140. The molecule has 0 amide bonds. The molecule has 0 saturated carbocycles. The molecule has 0 aliphatic carbocycles. The van der Waals surface area contributed by atoms with Crippen molar-refractivity contribution in [2.45, 2.75) is 49.1 Å². The summed E-state index contributed by atoms with van der Waals surface area (Å²) >= 11 is 2.93. The minimum absolute atomic E-state index is 0.183. The number of hydrogen-bond donors (Lipinski definition) is 1. The molecule has 0 aliphatic heterocycles. The minimum atomic E-state index is -0.184. The number of hydrogen-bond acceptors (Lipinski definition) is 7. The van der Waals surface area contributed by atoms with E-state index in [1.54, 1.807) is 0 Å². The Morgan fingerprint density at radius 2 is 2.21 bits per heavy atom. The fourth-order valence-corrected chi connectivity index (χ4v) is 3.52. The van der Waals surface area contributed by atoms with E-state index in [1.807, 2.05) is 0 Å². The molecular weight excluding hydrogens is 282 g/mol. The molecule has 1 heterocycles. The summed E-state index contributed by atoms with van der Waals surface area (Å²) in [5, 5.41) is 12.0. The SMILES string of the molecule is CCCCC(Sc1nnc(NCCC)s1)C(=O)OC. The third kappa shape index (κ3) is 5.78. The van der Waals surface area contributed by atoms with Crippen LogP contribution in [0.1, 0.15) is 39.5 Å². The maximum absolute atomic E-state index is 11.7. The first-order chi connectivity index (χ1) is 9.21. The van der Waals surface area contributed by atoms with Crippen molar-refractivity contribution in [3.63, 3.8) is 0 Å². The summed E-state index contributed by atoms with van der Waals surface area (Å²) in [6, 6.07) is 0. The highest BCUT2D eigenvalue weighted by atomic mass is 32.2. The molecule has 1 rings (SSSR count). The predicted octanol–water partition coefficient (Wildman–Crippen LogP) is 3.18. The van der Waals surface area contributed by atoms with Crippen molar-refractivity contribution in [2.24, 2.45) is 0 Å². The molecule has 0 fully saturated rings. The van der Waals surface area contributed by atoms with Gasteiger partial charge < -0.3 is 10.1 Å². The van der Waals surface area contributed by atoms with Gasteiger partial charge in [-0.3, -0.25) is 4.79 Å². The van der Waals surface area contributed by atoms with Crippen LogP contribution in [0.25, 0.3) is 0 Å². The Balaban J connectivity index is 2.57. The molecule has 7 heteroatoms. The van der Waals surface area contributed by atoms with E-state index in [4.69, 9.17) is 4.74 Å². The number of carbonyl (C=O) groups excluding carboxylic acids is 1. The number of esters is 1. The summed E-state index contributed by atoms with van der Waals surface area (Å²) in [4.78, 5) is 11.7. The summed E-state index contributed by atoms with van der Waals surface area (Å²) in [7, 11) is 1.43. The van der Waals surface area contributed by atoms with E-state index < -0.39 is 0 Å². The molecule has 0 spiro atoms. The normalized spacial score (nSPS) is 12.2. The second-order valence-corrected chi connectivity index (χ2v) is 6.50. The third-order valence-electron chi connectivity index (χ3n) is 2.46. The molecule has 0 bridgehead atoms. The van der Waals surface area contributed by atoms with E-state index in [0.29, 0.717) is 0 Å². The largest absolute Gasteiger partial charge is 0.468 e. The zero-order valence-corrected chi connectivity index (χ0v) is 13.3. The van der Waals surface area contributed by atoms with Crippen molar-refractivity contribution in [1.29, 1.82) is 0 Å². The zero-order valence-electron chi connectivity index (χ0n) is 11.6. The van der Waals surface area contributed by atoms with Crippen LogP contribution in [-0.4, -0.2) is 35.1 Å². The van der Waals surface area contributed by atoms with Crippen LogP contribution in [0.4, 0.5) is 5.13 Å². The number of rotatable bonds is 9. The van der Waals surface area contributed by atoms with E-state index in [9.17, 15) is 4.79 Å². The van der Waals surface area contributed by atoms with Crippen LogP contribution in [0, 0.1) is 0 Å². The average molecular weight is 303 g/mol. The van der Waals surface area contributed by atoms with Crippen molar-refractivity contribution in [1.82, 2.24) is 10.2 Å². The van der Waals surface area contributed by atoms with E-state index in [-0.39, 0.29) is 11.2 Å². The highest BCUT2D eigenvalue weighted by Gasteiger charge is 2.22. The van der Waals surface area contributed by atoms with Crippen molar-refractivity contribution >= 4 is 34.2 Å². The second kappa shape index (κ2) is 9.14. The zero-order chi connectivity index (χ0) is 14.1. The van der Waals surface area contributed by atoms with E-state index in [2.05, 4.69) is 29.4 Å². The molecule has 108 valence electrons. The molecule has 0 saturated heterocycles. The van der Waals surface area contributed by atoms with Crippen LogP contribution in [0.3, 0.4) is 0 Å². The van der Waals surface area contributed by atoms with Crippen LogP contribution in [0.15, 0.2) is 4.34 Å². The number of ether oxygens (including phenoxy) is 1. The standard InChI is InChI=1S/C12H21N3O2S2/c1-4-6-7-9(10(16)17-3)18-12-15-14-11(19-12)13-8-5-2/h9H,4-8H2,1-3H3,(H,13,14). The molecular formula is C12H21N3O2S2. The lowest BCUT2D eigenvalue weighted by Crippen LogP contribution is -2.18. The van der Waals surface area contributed by atoms with Crippen molar-refractivity contribution in [3.8, 4) is 0 Å². The Morgan fingerprint density at radius 3 is 2.84 bits per heavy atom. The highest BCUT2D eigenvalue weighted by molar-refractivity contribution is 8.02. The number of carbonyl (C=O) groups is 1. The van der Waals surface area contributed by atoms with Crippen molar-refractivity contribution < 1.29 is 9.53 Å². The van der Waals surface area contributed by atoms with Crippen LogP contribution in [0.2, 0.25) is 0 Å². The first kappa shape index (κ1) is 16.2. The molecule has 1 aromatic rings. The summed E-state index contributed by atoms with van der Waals surface area (Å²) in [5.74, 6) is -0.184. The van der Waals surface area contributed by atoms with Gasteiger partial charge in [0.2, 0.25) is 5.13 Å². The number of unbranched alkanes of at least 4 members (excludes halogenated alkanes) is 1. The quantitative estimate of drug-likeness (QED) is 0.558. The molecule has 0 aliphatic rings. The van der Waals surface area contributed by atoms with E-state index >= 15 is 0 Å². The van der Waals surface area contributed by atoms with Crippen LogP contribution in [-0.2, 0) is 9.53 Å². The highest BCUT2D eigenvalue weighted by Crippen LogP contribution is 2.31. The Bertz CT molecular complexity index is 385. The summed E-state index contributed by atoms with van der Waals surface area (Å²) in [5.41, 5.74) is 0. The molecule has 5 nitrogen and oxygen atoms in total. The van der Waals surface area contributed by atoms with Gasteiger partial charge in [-0.2, -0.15) is 0 Å². The molecule has 1 aromatic heterocycles. The maximum Gasteiger partial charge on any atom is 0.319 e. The lowest BCUT2D eigenvalue weighted by Gasteiger charge is -2.11. The van der Waals surface area contributed by atoms with Gasteiger partial charge in [0, 0.05) is 6.54 Å². The van der Waals surface area contributed by atoms with Gasteiger partial charge in [0.15, 0.2) is 4.34 Å². The van der Waals surface area contributed by atoms with Gasteiger partial charge in [-0.1, -0.05) is 49.8 Å². The van der Waals surface area contributed by atoms with Gasteiger partial charge >= 0.3 is 5.97 Å². The molecule has 1 N–H and O–H groups in total. The number of nitrogens with zero attached hydrogens (tertiary/aromatic N) is 2. The lowest BCUT2D eigenvalue weighted by atomic mass is 10.2. The van der Waals surface area contributed by atoms with Crippen molar-refractivity contribution in [3.05, 3.63) is 0 Å². The van der Waals surface area contributed by atoms with Gasteiger partial charge in [-0.15, -0.1) is 10.2 Å². The molecule has 1 unspecified atom stereocenters. The summed E-state index contributed by atoms with van der Waals surface area (Å²) in [6.07, 6.45) is 3.93. The Hall–Kier alpha value is -0.820. The number of anilines is 1. The maximum atomic E-state index is 11.7. The van der Waals surface area contributed by atoms with Gasteiger partial charge in [0.25, 0.3) is 0 Å². The molecule has 19 heavy (non-hydrogen) atoms. The third-order valence-corrected chi connectivity index (χ3v) is 4.67. The Kier molecular flexibility index (Phi) is 7.81. The van der Waals surface area contributed by atoms with Crippen LogP contribution in [0.5, 0.6) is 0 Å². The first-order valence-electron chi connectivity index (χ1n) is 6.53. The number of thioether (sulfide) groups is 1. The monoisotopic (exact) mass is 303 g/mol. The number of nitrogens with one attached hydrogen (secondary N) is 1. The van der Waals surface area contributed by atoms with Gasteiger partial charge in [-0.25, -0.2) is 0 Å². The van der Waals surface area contributed by atoms with Crippen LogP contribution >= 0.6 is 23.1 Å². The Labute approximate surface area is 122 Å². The Morgan fingerprint density at radius 1 is 1.42 bits per heavy atom. The molecule has 1 atom stereocenters. The molecule has 0 aromatic carbocycles. The van der Waals surface area contributed by atoms with Crippen LogP contribution < -0.4 is 5.32 Å². The summed E-state index contributed by atoms with van der Waals surface area (Å²) < 4.78 is 5.64. The van der Waals surface area contributed by atoms with E-state index in [0.717, 1.165) is 41.7 Å². The second-order valence-electron chi connectivity index (χ2n) is 4.07. The van der Waals surface area contributed by atoms with Gasteiger partial charge in [-0.05, 0) is 12.8 Å². The molecule has 0 radical (unpaired) electrons. The smallest absolute Gasteiger partial charge is 0.319 e. The average Bonchev–Trinajstić information content (AvgIpc) is 2.87. The van der Waals surface area contributed by atoms with Gasteiger partial charge in [0.1, 0.15) is 5.25 Å². The predicted molar refractivity (Wildman–Crippen MR) is 79.9 cm³/mol. The fraction of sp³-hybridized carbons (Fsp3) is 0.750. The number of aromatic nitrogens is 2.